The van der Waals surface area contributed by atoms with Crippen LogP contribution in [0, 0.1) is 11.8 Å². The topological polar surface area (TPSA) is 35.5 Å². The van der Waals surface area contributed by atoms with E-state index < -0.39 is 11.8 Å². The number of carbonyl (C=O) groups excluding carboxylic acids is 1. The Morgan fingerprint density at radius 2 is 1.70 bits per heavy atom. The van der Waals surface area contributed by atoms with Crippen LogP contribution in [-0.4, -0.2) is 11.8 Å². The van der Waals surface area contributed by atoms with Gasteiger partial charge < -0.3 is 9.47 Å². The number of hydrogen-bond donors (Lipinski definition) is 0. The lowest BCUT2D eigenvalue weighted by molar-refractivity contribution is 0.0944. The summed E-state index contributed by atoms with van der Waals surface area (Å²) >= 11 is 0. The number of benzene rings is 2. The second-order valence-corrected chi connectivity index (χ2v) is 5.17. The fourth-order valence-electron chi connectivity index (χ4n) is 2.35. The van der Waals surface area contributed by atoms with E-state index in [0.29, 0.717) is 12.2 Å². The molecule has 2 aromatic rings. The van der Waals surface area contributed by atoms with E-state index in [9.17, 15) is 4.79 Å². The third-order valence-electron chi connectivity index (χ3n) is 3.63. The van der Waals surface area contributed by atoms with Gasteiger partial charge in [0.2, 0.25) is 5.60 Å². The van der Waals surface area contributed by atoms with Gasteiger partial charge >= 0.3 is 6.16 Å². The molecule has 3 rings (SSSR count). The summed E-state index contributed by atoms with van der Waals surface area (Å²) in [7, 11) is 0. The Balaban J connectivity index is 2.00. The first-order valence-corrected chi connectivity index (χ1v) is 7.48. The first kappa shape index (κ1) is 14.9. The monoisotopic (exact) mass is 304 g/mol. The van der Waals surface area contributed by atoms with Gasteiger partial charge in [-0.25, -0.2) is 4.79 Å². The van der Waals surface area contributed by atoms with Crippen molar-refractivity contribution in [3.8, 4) is 11.8 Å². The lowest BCUT2D eigenvalue weighted by Gasteiger charge is -2.17. The quantitative estimate of drug-likeness (QED) is 0.609. The highest BCUT2D eigenvalue weighted by molar-refractivity contribution is 5.72. The van der Waals surface area contributed by atoms with Crippen molar-refractivity contribution >= 4 is 12.2 Å². The summed E-state index contributed by atoms with van der Waals surface area (Å²) in [5, 5.41) is 0. The van der Waals surface area contributed by atoms with Gasteiger partial charge in [0.15, 0.2) is 5.76 Å². The van der Waals surface area contributed by atoms with Crippen molar-refractivity contribution < 1.29 is 14.3 Å². The molecular formula is C20H16O3. The Hall–Kier alpha value is -2.99. The minimum absolute atomic E-state index is 0.430. The number of hydrogen-bond acceptors (Lipinski definition) is 3. The summed E-state index contributed by atoms with van der Waals surface area (Å²) in [6, 6.07) is 19.2. The standard InChI is InChI=1S/C20H16O3/c1-2-20(14-13-16-9-5-3-6-10-16)18(22-19(21)23-20)15-17-11-7-4-8-12-17/h3-12,15H,2H2,1H3/b18-15-/t20-/m0/s1. The maximum absolute atomic E-state index is 11.7. The van der Waals surface area contributed by atoms with Crippen LogP contribution in [0.15, 0.2) is 66.4 Å². The van der Waals surface area contributed by atoms with Crippen LogP contribution in [0.3, 0.4) is 0 Å². The SMILES string of the molecule is CC[C@@]1(C#Cc2ccccc2)OC(=O)O/C1=C\c1ccccc1. The van der Waals surface area contributed by atoms with E-state index >= 15 is 0 Å². The van der Waals surface area contributed by atoms with Gasteiger partial charge in [-0.1, -0.05) is 61.4 Å². The zero-order chi connectivity index (χ0) is 16.1. The summed E-state index contributed by atoms with van der Waals surface area (Å²) < 4.78 is 10.7. The second kappa shape index (κ2) is 6.41. The molecule has 114 valence electrons. The fraction of sp³-hybridized carbons (Fsp3) is 0.150. The van der Waals surface area contributed by atoms with Crippen molar-refractivity contribution in [2.24, 2.45) is 0 Å². The molecule has 0 aliphatic carbocycles. The van der Waals surface area contributed by atoms with Crippen molar-refractivity contribution in [1.29, 1.82) is 0 Å². The van der Waals surface area contributed by atoms with Gasteiger partial charge in [0, 0.05) is 12.0 Å². The minimum Gasteiger partial charge on any atom is -0.406 e. The van der Waals surface area contributed by atoms with E-state index in [0.717, 1.165) is 11.1 Å². The van der Waals surface area contributed by atoms with Gasteiger partial charge in [-0.2, -0.15) is 0 Å². The molecule has 2 aromatic carbocycles. The molecule has 1 fully saturated rings. The van der Waals surface area contributed by atoms with E-state index in [1.807, 2.05) is 67.6 Å². The third kappa shape index (κ3) is 3.27. The van der Waals surface area contributed by atoms with E-state index in [1.54, 1.807) is 6.08 Å². The second-order valence-electron chi connectivity index (χ2n) is 5.17. The molecule has 0 amide bonds. The highest BCUT2D eigenvalue weighted by atomic mass is 16.8. The molecule has 0 N–H and O–H groups in total. The predicted octanol–water partition coefficient (Wildman–Crippen LogP) is 4.39. The smallest absolute Gasteiger partial charge is 0.406 e. The molecule has 23 heavy (non-hydrogen) atoms. The normalized spacial score (nSPS) is 21.3. The molecule has 3 heteroatoms. The van der Waals surface area contributed by atoms with Crippen LogP contribution in [0.2, 0.25) is 0 Å². The highest BCUT2D eigenvalue weighted by Crippen LogP contribution is 2.34. The van der Waals surface area contributed by atoms with E-state index in [-0.39, 0.29) is 0 Å². The van der Waals surface area contributed by atoms with Crippen LogP contribution in [0.25, 0.3) is 6.08 Å². The first-order valence-electron chi connectivity index (χ1n) is 7.48. The molecule has 0 spiro atoms. The molecule has 0 radical (unpaired) electrons. The zero-order valence-corrected chi connectivity index (χ0v) is 12.8. The van der Waals surface area contributed by atoms with Crippen LogP contribution in [-0.2, 0) is 9.47 Å². The lowest BCUT2D eigenvalue weighted by atomic mass is 9.96. The van der Waals surface area contributed by atoms with Crippen LogP contribution in [0.5, 0.6) is 0 Å². The molecule has 1 atom stereocenters. The summed E-state index contributed by atoms with van der Waals surface area (Å²) in [6.45, 7) is 1.92. The van der Waals surface area contributed by atoms with Gasteiger partial charge in [0.1, 0.15) is 0 Å². The Kier molecular flexibility index (Phi) is 4.16. The maximum Gasteiger partial charge on any atom is 0.515 e. The van der Waals surface area contributed by atoms with Gasteiger partial charge in [-0.05, 0) is 29.7 Å². The molecule has 0 aromatic heterocycles. The van der Waals surface area contributed by atoms with Crippen LogP contribution in [0.1, 0.15) is 24.5 Å². The van der Waals surface area contributed by atoms with E-state index in [1.165, 1.54) is 0 Å². The van der Waals surface area contributed by atoms with Gasteiger partial charge in [0.25, 0.3) is 0 Å². The summed E-state index contributed by atoms with van der Waals surface area (Å²) in [5.74, 6) is 6.57. The van der Waals surface area contributed by atoms with Gasteiger partial charge in [0.05, 0.1) is 0 Å². The van der Waals surface area contributed by atoms with Crippen molar-refractivity contribution in [3.63, 3.8) is 0 Å². The maximum atomic E-state index is 11.7. The first-order chi connectivity index (χ1) is 11.2. The Bertz CT molecular complexity index is 782. The van der Waals surface area contributed by atoms with Crippen LogP contribution < -0.4 is 0 Å². The Labute approximate surface area is 135 Å². The Morgan fingerprint density at radius 1 is 1.04 bits per heavy atom. The fourth-order valence-corrected chi connectivity index (χ4v) is 2.35. The van der Waals surface area contributed by atoms with Gasteiger partial charge in [-0.3, -0.25) is 0 Å². The van der Waals surface area contributed by atoms with Crippen molar-refractivity contribution in [2.75, 3.05) is 0 Å². The molecule has 0 saturated carbocycles. The number of rotatable bonds is 2. The molecule has 1 aliphatic heterocycles. The van der Waals surface area contributed by atoms with Gasteiger partial charge in [-0.15, -0.1) is 0 Å². The minimum atomic E-state index is -1.04. The van der Waals surface area contributed by atoms with Crippen LogP contribution >= 0.6 is 0 Å². The van der Waals surface area contributed by atoms with Crippen LogP contribution in [0.4, 0.5) is 4.79 Å². The molecule has 0 bridgehead atoms. The highest BCUT2D eigenvalue weighted by Gasteiger charge is 2.45. The molecule has 0 unspecified atom stereocenters. The summed E-state index contributed by atoms with van der Waals surface area (Å²) in [4.78, 5) is 11.7. The van der Waals surface area contributed by atoms with E-state index in [2.05, 4.69) is 11.8 Å². The largest absolute Gasteiger partial charge is 0.515 e. The molecule has 1 aliphatic rings. The Morgan fingerprint density at radius 3 is 2.35 bits per heavy atom. The third-order valence-corrected chi connectivity index (χ3v) is 3.63. The van der Waals surface area contributed by atoms with E-state index in [4.69, 9.17) is 9.47 Å². The predicted molar refractivity (Wildman–Crippen MR) is 88.3 cm³/mol. The average Bonchev–Trinajstić information content (AvgIpc) is 2.91. The molecular weight excluding hydrogens is 288 g/mol. The number of carbonyl (C=O) groups is 1. The number of ether oxygens (including phenoxy) is 2. The summed E-state index contributed by atoms with van der Waals surface area (Å²) in [6.07, 6.45) is 1.60. The molecule has 1 heterocycles. The van der Waals surface area contributed by atoms with Crippen molar-refractivity contribution in [3.05, 3.63) is 77.5 Å². The number of cyclic esters (lactones) is 2. The molecule has 3 nitrogen and oxygen atoms in total. The lowest BCUT2D eigenvalue weighted by Crippen LogP contribution is -2.27. The van der Waals surface area contributed by atoms with Crippen molar-refractivity contribution in [1.82, 2.24) is 0 Å². The average molecular weight is 304 g/mol. The summed E-state index contributed by atoms with van der Waals surface area (Å²) in [5.41, 5.74) is 0.755. The zero-order valence-electron chi connectivity index (χ0n) is 12.8. The molecule has 1 saturated heterocycles. The van der Waals surface area contributed by atoms with Crippen molar-refractivity contribution in [2.45, 2.75) is 18.9 Å².